The Hall–Kier alpha value is -2.99. The number of hydrogen-bond acceptors (Lipinski definition) is 4. The number of nitrogens with zero attached hydrogens (tertiary/aromatic N) is 4. The van der Waals surface area contributed by atoms with Crippen molar-refractivity contribution in [1.29, 1.82) is 0 Å². The first kappa shape index (κ1) is 17.1. The van der Waals surface area contributed by atoms with Gasteiger partial charge in [-0.25, -0.2) is 14.4 Å². The Kier molecular flexibility index (Phi) is 3.84. The topological polar surface area (TPSA) is 49.3 Å². The minimum Gasteiger partial charge on any atom is -0.335 e. The molecule has 5 nitrogen and oxygen atoms in total. The van der Waals surface area contributed by atoms with Crippen LogP contribution in [-0.2, 0) is 4.79 Å². The summed E-state index contributed by atoms with van der Waals surface area (Å²) in [6, 6.07) is 12.8. The number of carbonyl (C=O) groups is 1. The molecule has 0 atom stereocenters. The molecule has 0 bridgehead atoms. The van der Waals surface area contributed by atoms with Crippen LogP contribution in [0.3, 0.4) is 0 Å². The van der Waals surface area contributed by atoms with Crippen molar-refractivity contribution < 1.29 is 9.18 Å². The number of aromatic nitrogens is 2. The van der Waals surface area contributed by atoms with E-state index in [-0.39, 0.29) is 18.3 Å². The van der Waals surface area contributed by atoms with Crippen molar-refractivity contribution in [3.63, 3.8) is 0 Å². The van der Waals surface area contributed by atoms with E-state index in [0.717, 1.165) is 5.56 Å². The first-order chi connectivity index (χ1) is 13.5. The largest absolute Gasteiger partial charge is 0.335 e. The van der Waals surface area contributed by atoms with Gasteiger partial charge in [0.2, 0.25) is 5.91 Å². The van der Waals surface area contributed by atoms with Crippen LogP contribution in [-0.4, -0.2) is 40.4 Å². The number of rotatable bonds is 1. The molecule has 0 saturated carbocycles. The molecular weight excluding hydrogens is 379 g/mol. The second-order valence-electron chi connectivity index (χ2n) is 6.90. The van der Waals surface area contributed by atoms with Gasteiger partial charge in [-0.05, 0) is 18.2 Å². The molecule has 0 spiro atoms. The maximum Gasteiger partial charge on any atom is 0.219 e. The minimum atomic E-state index is -0.321. The molecule has 2 aliphatic heterocycles. The first-order valence-electron chi connectivity index (χ1n) is 9.02. The highest BCUT2D eigenvalue weighted by Crippen LogP contribution is 2.42. The van der Waals surface area contributed by atoms with E-state index in [1.165, 1.54) is 6.92 Å². The fraction of sp³-hybridized carbons (Fsp3) is 0.190. The zero-order valence-electron chi connectivity index (χ0n) is 15.1. The van der Waals surface area contributed by atoms with Gasteiger partial charge in [0.25, 0.3) is 0 Å². The second kappa shape index (κ2) is 6.27. The molecule has 1 amide bonds. The first-order valence-corrected chi connectivity index (χ1v) is 9.40. The predicted molar refractivity (Wildman–Crippen MR) is 108 cm³/mol. The van der Waals surface area contributed by atoms with E-state index in [2.05, 4.69) is 4.98 Å². The summed E-state index contributed by atoms with van der Waals surface area (Å²) in [5, 5.41) is 1.25. The van der Waals surface area contributed by atoms with Crippen molar-refractivity contribution in [2.24, 2.45) is 0 Å². The maximum atomic E-state index is 15.3. The second-order valence-corrected chi connectivity index (χ2v) is 7.31. The molecular formula is C21H16ClFN4O. The van der Waals surface area contributed by atoms with Crippen LogP contribution in [0.5, 0.6) is 0 Å². The fourth-order valence-corrected chi connectivity index (χ4v) is 4.07. The number of benzene rings is 2. The molecule has 0 N–H and O–H groups in total. The minimum absolute atomic E-state index is 0.0663. The van der Waals surface area contributed by atoms with E-state index < -0.39 is 0 Å². The monoisotopic (exact) mass is 394 g/mol. The number of piperazine rings is 1. The van der Waals surface area contributed by atoms with Gasteiger partial charge in [-0.15, -0.1) is 0 Å². The van der Waals surface area contributed by atoms with Gasteiger partial charge in [0.05, 0.1) is 28.2 Å². The van der Waals surface area contributed by atoms with Gasteiger partial charge in [0.1, 0.15) is 5.82 Å². The standard InChI is InChI=1S/C21H16ClFN4O/c1-12(28)26-9-10-27-17(11-26)19(23)14-6-4-8-16-18(14)21(27)25-20(24-16)13-5-2-3-7-15(13)22/h2-8H,9-11H2,1H3. The number of carbonyl (C=O) groups excluding carboxylic acids is 1. The predicted octanol–water partition coefficient (Wildman–Crippen LogP) is 4.27. The van der Waals surface area contributed by atoms with Crippen LogP contribution in [0, 0.1) is 0 Å². The Morgan fingerprint density at radius 3 is 2.64 bits per heavy atom. The quantitative estimate of drug-likeness (QED) is 0.618. The highest BCUT2D eigenvalue weighted by molar-refractivity contribution is 6.33. The molecule has 140 valence electrons. The van der Waals surface area contributed by atoms with E-state index in [1.807, 2.05) is 29.2 Å². The van der Waals surface area contributed by atoms with Crippen molar-refractivity contribution in [1.82, 2.24) is 14.9 Å². The number of hydrogen-bond donors (Lipinski definition) is 0. The molecule has 2 aliphatic rings. The van der Waals surface area contributed by atoms with Gasteiger partial charge in [-0.2, -0.15) is 0 Å². The highest BCUT2D eigenvalue weighted by atomic mass is 35.5. The number of fused-ring (bicyclic) bond motifs is 2. The summed E-state index contributed by atoms with van der Waals surface area (Å²) < 4.78 is 15.3. The number of amides is 1. The van der Waals surface area contributed by atoms with Gasteiger partial charge in [0.15, 0.2) is 11.7 Å². The molecule has 3 heterocycles. The Balaban J connectivity index is 1.75. The van der Waals surface area contributed by atoms with E-state index >= 15 is 4.39 Å². The Morgan fingerprint density at radius 1 is 1.07 bits per heavy atom. The number of anilines is 1. The summed E-state index contributed by atoms with van der Waals surface area (Å²) in [5.41, 5.74) is 2.33. The molecule has 0 aliphatic carbocycles. The number of halogens is 2. The molecule has 1 saturated heterocycles. The van der Waals surface area contributed by atoms with Gasteiger partial charge in [-0.3, -0.25) is 4.79 Å². The summed E-state index contributed by atoms with van der Waals surface area (Å²) in [6.45, 7) is 2.72. The average Bonchev–Trinajstić information content (AvgIpc) is 2.71. The lowest BCUT2D eigenvalue weighted by molar-refractivity contribution is -0.128. The normalized spacial score (nSPS) is 15.8. The van der Waals surface area contributed by atoms with Crippen LogP contribution in [0.4, 0.5) is 10.2 Å². The summed E-state index contributed by atoms with van der Waals surface area (Å²) in [4.78, 5) is 24.8. The zero-order chi connectivity index (χ0) is 19.4. The maximum absolute atomic E-state index is 15.3. The SMILES string of the molecule is CC(=O)N1CCN2C(=C(F)c3cccc4nc(-c5ccccc5Cl)nc2c34)C1. The van der Waals surface area contributed by atoms with Gasteiger partial charge >= 0.3 is 0 Å². The molecule has 2 aromatic carbocycles. The average molecular weight is 395 g/mol. The Labute approximate surface area is 166 Å². The van der Waals surface area contributed by atoms with Crippen LogP contribution < -0.4 is 4.90 Å². The summed E-state index contributed by atoms with van der Waals surface area (Å²) >= 11 is 6.36. The Morgan fingerprint density at radius 2 is 1.86 bits per heavy atom. The third-order valence-corrected chi connectivity index (χ3v) is 5.60. The summed E-state index contributed by atoms with van der Waals surface area (Å²) in [7, 11) is 0. The lowest BCUT2D eigenvalue weighted by atomic mass is 10.00. The van der Waals surface area contributed by atoms with Crippen molar-refractivity contribution in [3.05, 3.63) is 58.7 Å². The molecule has 1 aromatic heterocycles. The third-order valence-electron chi connectivity index (χ3n) is 5.27. The molecule has 1 fully saturated rings. The van der Waals surface area contributed by atoms with Crippen molar-refractivity contribution in [2.75, 3.05) is 24.5 Å². The molecule has 0 radical (unpaired) electrons. The summed E-state index contributed by atoms with van der Waals surface area (Å²) in [6.07, 6.45) is 0. The summed E-state index contributed by atoms with van der Waals surface area (Å²) in [5.74, 6) is 0.776. The van der Waals surface area contributed by atoms with Gasteiger partial charge < -0.3 is 9.80 Å². The smallest absolute Gasteiger partial charge is 0.219 e. The van der Waals surface area contributed by atoms with Crippen LogP contribution in [0.1, 0.15) is 12.5 Å². The van der Waals surface area contributed by atoms with Crippen LogP contribution >= 0.6 is 11.6 Å². The Bertz CT molecular complexity index is 1180. The molecule has 7 heteroatoms. The molecule has 0 unspecified atom stereocenters. The van der Waals surface area contributed by atoms with E-state index in [4.69, 9.17) is 16.6 Å². The van der Waals surface area contributed by atoms with Crippen LogP contribution in [0.2, 0.25) is 5.02 Å². The van der Waals surface area contributed by atoms with E-state index in [1.54, 1.807) is 23.1 Å². The molecule has 28 heavy (non-hydrogen) atoms. The third kappa shape index (κ3) is 2.48. The van der Waals surface area contributed by atoms with Gasteiger partial charge in [-0.1, -0.05) is 35.9 Å². The van der Waals surface area contributed by atoms with Crippen molar-refractivity contribution >= 4 is 40.1 Å². The fourth-order valence-electron chi connectivity index (χ4n) is 3.85. The molecule has 3 aromatic rings. The van der Waals surface area contributed by atoms with E-state index in [9.17, 15) is 4.79 Å². The van der Waals surface area contributed by atoms with Crippen LogP contribution in [0.15, 0.2) is 48.2 Å². The lowest BCUT2D eigenvalue weighted by Crippen LogP contribution is -2.48. The van der Waals surface area contributed by atoms with Crippen molar-refractivity contribution in [3.8, 4) is 11.4 Å². The zero-order valence-corrected chi connectivity index (χ0v) is 15.9. The van der Waals surface area contributed by atoms with Gasteiger partial charge in [0, 0.05) is 31.1 Å². The lowest BCUT2D eigenvalue weighted by Gasteiger charge is -2.40. The van der Waals surface area contributed by atoms with Crippen LogP contribution in [0.25, 0.3) is 28.1 Å². The highest BCUT2D eigenvalue weighted by Gasteiger charge is 2.34. The molecule has 5 rings (SSSR count). The van der Waals surface area contributed by atoms with E-state index in [0.29, 0.717) is 51.9 Å². The van der Waals surface area contributed by atoms with Crippen molar-refractivity contribution in [2.45, 2.75) is 6.92 Å².